The number of unbranched alkanes of at least 4 members (excludes halogenated alkanes) is 3. The molecule has 1 aromatic heterocycles. The molecule has 0 bridgehead atoms. The van der Waals surface area contributed by atoms with E-state index >= 15 is 0 Å². The molecule has 0 saturated heterocycles. The van der Waals surface area contributed by atoms with Crippen molar-refractivity contribution in [3.8, 4) is 22.9 Å². The molecule has 0 aliphatic heterocycles. The molecule has 40 heavy (non-hydrogen) atoms. The predicted octanol–water partition coefficient (Wildman–Crippen LogP) is 5.59. The van der Waals surface area contributed by atoms with Crippen molar-refractivity contribution in [2.24, 2.45) is 0 Å². The van der Waals surface area contributed by atoms with Crippen LogP contribution in [-0.2, 0) is 9.13 Å². The molecule has 2 aromatic carbocycles. The zero-order valence-electron chi connectivity index (χ0n) is 23.0. The minimum absolute atomic E-state index is 0.00632. The first kappa shape index (κ1) is 32.8. The predicted molar refractivity (Wildman–Crippen MR) is 158 cm³/mol. The number of nitrogens with one attached hydrogen (secondary N) is 1. The van der Waals surface area contributed by atoms with Gasteiger partial charge in [-0.1, -0.05) is 0 Å². The molecule has 3 aromatic rings. The molecular formula is C26H38N2O9P2Sn. The van der Waals surface area contributed by atoms with Crippen LogP contribution in [0.2, 0.25) is 13.3 Å². The van der Waals surface area contributed by atoms with Gasteiger partial charge in [0, 0.05) is 0 Å². The van der Waals surface area contributed by atoms with Gasteiger partial charge in [0.25, 0.3) is 0 Å². The maximum atomic E-state index is 13.4. The van der Waals surface area contributed by atoms with Gasteiger partial charge >= 0.3 is 224 Å². The topological polar surface area (TPSA) is 179 Å². The molecule has 0 atom stereocenters. The minimum atomic E-state index is -5.08. The second-order valence-corrected chi connectivity index (χ2v) is 25.6. The van der Waals surface area contributed by atoms with Gasteiger partial charge in [0.2, 0.25) is 0 Å². The Labute approximate surface area is 237 Å². The Balaban J connectivity index is 2.13. The second-order valence-electron chi connectivity index (χ2n) is 10.1. The van der Waals surface area contributed by atoms with E-state index in [1.807, 2.05) is 12.1 Å². The van der Waals surface area contributed by atoms with E-state index in [0.717, 1.165) is 25.3 Å². The van der Waals surface area contributed by atoms with Crippen molar-refractivity contribution >= 4 is 48.5 Å². The fourth-order valence-corrected chi connectivity index (χ4v) is 21.8. The zero-order valence-corrected chi connectivity index (χ0v) is 27.6. The first-order chi connectivity index (χ1) is 18.8. The molecule has 1 heterocycles. The van der Waals surface area contributed by atoms with Crippen LogP contribution >= 0.6 is 15.6 Å². The number of rotatable bonds is 15. The summed E-state index contributed by atoms with van der Waals surface area (Å²) in [4.78, 5) is 57.6. The second kappa shape index (κ2) is 14.0. The van der Waals surface area contributed by atoms with E-state index < -0.39 is 45.3 Å². The number of nitrogens with zero attached hydrogens (tertiary/aromatic N) is 1. The molecule has 3 rings (SSSR count). The van der Waals surface area contributed by atoms with Gasteiger partial charge in [-0.25, -0.2) is 4.57 Å². The number of hydrogen-bond donors (Lipinski definition) is 5. The van der Waals surface area contributed by atoms with Crippen LogP contribution in [0.1, 0.15) is 59.3 Å². The van der Waals surface area contributed by atoms with Crippen molar-refractivity contribution in [1.82, 2.24) is 9.97 Å². The number of aromatic amines is 1. The van der Waals surface area contributed by atoms with E-state index in [1.54, 1.807) is 0 Å². The van der Waals surface area contributed by atoms with Crippen molar-refractivity contribution in [3.05, 3.63) is 46.8 Å². The van der Waals surface area contributed by atoms with Crippen molar-refractivity contribution in [2.75, 3.05) is 0 Å². The average molecular weight is 703 g/mol. The molecule has 0 amide bonds. The van der Waals surface area contributed by atoms with Crippen molar-refractivity contribution in [2.45, 2.75) is 72.6 Å². The Morgan fingerprint density at radius 1 is 0.825 bits per heavy atom. The van der Waals surface area contributed by atoms with E-state index in [9.17, 15) is 23.7 Å². The van der Waals surface area contributed by atoms with Gasteiger partial charge in [0.15, 0.2) is 0 Å². The van der Waals surface area contributed by atoms with Gasteiger partial charge in [0.05, 0.1) is 0 Å². The number of fused-ring (bicyclic) bond motifs is 1. The number of phosphoric ester groups is 2. The number of benzene rings is 2. The van der Waals surface area contributed by atoms with E-state index in [0.29, 0.717) is 10.9 Å². The molecule has 0 saturated carbocycles. The van der Waals surface area contributed by atoms with Crippen LogP contribution < -0.4 is 18.2 Å². The summed E-state index contributed by atoms with van der Waals surface area (Å²) in [7, 11) is -10.0. The van der Waals surface area contributed by atoms with Crippen LogP contribution in [0.3, 0.4) is 0 Å². The van der Waals surface area contributed by atoms with Crippen LogP contribution in [0.5, 0.6) is 11.5 Å². The van der Waals surface area contributed by atoms with Crippen LogP contribution in [0.4, 0.5) is 0 Å². The summed E-state index contributed by atoms with van der Waals surface area (Å²) in [5.41, 5.74) is 0.0230. The van der Waals surface area contributed by atoms with Gasteiger partial charge in [-0.2, -0.15) is 0 Å². The van der Waals surface area contributed by atoms with E-state index in [-0.39, 0.29) is 17.1 Å². The monoisotopic (exact) mass is 704 g/mol. The van der Waals surface area contributed by atoms with E-state index in [1.165, 1.54) is 48.3 Å². The molecule has 0 spiro atoms. The molecule has 11 nitrogen and oxygen atoms in total. The molecule has 5 N–H and O–H groups in total. The zero-order chi connectivity index (χ0) is 29.6. The Bertz CT molecular complexity index is 1450. The molecule has 0 aliphatic rings. The Morgan fingerprint density at radius 2 is 1.40 bits per heavy atom. The molecule has 0 radical (unpaired) electrons. The number of hydrogen-bond acceptors (Lipinski definition) is 6. The third kappa shape index (κ3) is 8.89. The molecule has 0 aliphatic carbocycles. The van der Waals surface area contributed by atoms with E-state index in [4.69, 9.17) is 14.3 Å². The summed E-state index contributed by atoms with van der Waals surface area (Å²) in [5.74, 6) is -0.871. The first-order valence-corrected chi connectivity index (χ1v) is 24.0. The number of aromatic nitrogens is 2. The van der Waals surface area contributed by atoms with Crippen LogP contribution in [-0.4, -0.2) is 47.9 Å². The van der Waals surface area contributed by atoms with Gasteiger partial charge in [-0.05, 0) is 0 Å². The van der Waals surface area contributed by atoms with Gasteiger partial charge in [-0.15, -0.1) is 0 Å². The van der Waals surface area contributed by atoms with Crippen molar-refractivity contribution < 1.29 is 37.8 Å². The maximum absolute atomic E-state index is 13.4. The van der Waals surface area contributed by atoms with Gasteiger partial charge in [0.1, 0.15) is 0 Å². The SMILES string of the molecule is CCC[CH2][Sn]([CH2]CCC)([CH2]CCC)[c]1ccc2nc(-c3ccc(OP(=O)(O)O)cc3OP(=O)(O)O)[nH]c(=O)c2c1. The normalized spacial score (nSPS) is 12.6. The summed E-state index contributed by atoms with van der Waals surface area (Å²) in [6.45, 7) is 6.63. The number of H-pyrrole nitrogens is 1. The van der Waals surface area contributed by atoms with Crippen molar-refractivity contribution in [3.63, 3.8) is 0 Å². The molecule has 220 valence electrons. The van der Waals surface area contributed by atoms with Gasteiger partial charge in [-0.3, -0.25) is 9.79 Å². The third-order valence-corrected chi connectivity index (χ3v) is 23.5. The van der Waals surface area contributed by atoms with Crippen LogP contribution in [0.25, 0.3) is 22.3 Å². The average Bonchev–Trinajstić information content (AvgIpc) is 2.86. The molecule has 14 heteroatoms. The summed E-state index contributed by atoms with van der Waals surface area (Å²) < 4.78 is 37.2. The van der Waals surface area contributed by atoms with Crippen LogP contribution in [0, 0.1) is 0 Å². The first-order valence-electron chi connectivity index (χ1n) is 13.5. The summed E-state index contributed by atoms with van der Waals surface area (Å²) in [5, 5.41) is 0.450. The third-order valence-electron chi connectivity index (χ3n) is 6.99. The Kier molecular flexibility index (Phi) is 11.4. The van der Waals surface area contributed by atoms with Crippen LogP contribution in [0.15, 0.2) is 41.2 Å². The number of phosphoric acid groups is 2. The quantitative estimate of drug-likeness (QED) is 0.0990. The summed E-state index contributed by atoms with van der Waals surface area (Å²) >= 11 is -2.82. The van der Waals surface area contributed by atoms with Gasteiger partial charge < -0.3 is 0 Å². The molecule has 0 fully saturated rings. The van der Waals surface area contributed by atoms with E-state index in [2.05, 4.69) is 41.3 Å². The molecule has 0 unspecified atom stereocenters. The fourth-order valence-electron chi connectivity index (χ4n) is 5.05. The summed E-state index contributed by atoms with van der Waals surface area (Å²) in [6.07, 6.45) is 6.94. The Hall–Kier alpha value is -1.72. The summed E-state index contributed by atoms with van der Waals surface area (Å²) in [6, 6.07) is 9.29. The van der Waals surface area contributed by atoms with Crippen molar-refractivity contribution in [1.29, 1.82) is 0 Å². The standard InChI is InChI=1S/C14H11N2O9P2.3C4H9.Sn/c17-14-9-3-1-2-4-11(9)15-13(16-14)10-6-5-8(24-26(18,19)20)7-12(10)25-27(21,22)23;3*1-3-4-2;/h2-7H,(H,15,16,17)(H2,18,19,20)(H2,21,22,23);3*1,3-4H2,2H3;. The fraction of sp³-hybridized carbons (Fsp3) is 0.462. The Morgan fingerprint density at radius 3 is 1.93 bits per heavy atom. The molecular weight excluding hydrogens is 665 g/mol.